The SMILES string of the molecule is Cc1ccc(C)c(NC(=O)CN2C(=O)COc3cc(C(C)(C)C)ccc32)c1. The summed E-state index contributed by atoms with van der Waals surface area (Å²) in [7, 11) is 0. The number of anilines is 2. The van der Waals surface area contributed by atoms with Crippen LogP contribution in [0.1, 0.15) is 37.5 Å². The lowest BCUT2D eigenvalue weighted by Gasteiger charge is -2.30. The zero-order valence-corrected chi connectivity index (χ0v) is 16.6. The first kappa shape index (κ1) is 19.0. The number of hydrogen-bond donors (Lipinski definition) is 1. The zero-order valence-electron chi connectivity index (χ0n) is 16.6. The van der Waals surface area contributed by atoms with Crippen molar-refractivity contribution in [2.24, 2.45) is 0 Å². The molecule has 1 heterocycles. The molecule has 0 saturated heterocycles. The Hall–Kier alpha value is -2.82. The monoisotopic (exact) mass is 366 g/mol. The van der Waals surface area contributed by atoms with Gasteiger partial charge in [-0.2, -0.15) is 0 Å². The van der Waals surface area contributed by atoms with Crippen molar-refractivity contribution in [3.8, 4) is 5.75 Å². The van der Waals surface area contributed by atoms with Crippen LogP contribution in [0.3, 0.4) is 0 Å². The third-order valence-corrected chi connectivity index (χ3v) is 4.74. The highest BCUT2D eigenvalue weighted by Crippen LogP contribution is 2.36. The predicted octanol–water partition coefficient (Wildman–Crippen LogP) is 3.97. The number of nitrogens with one attached hydrogen (secondary N) is 1. The second-order valence-electron chi connectivity index (χ2n) is 8.07. The van der Waals surface area contributed by atoms with E-state index in [2.05, 4.69) is 26.1 Å². The number of carbonyl (C=O) groups excluding carboxylic acids is 2. The molecule has 2 aromatic rings. The lowest BCUT2D eigenvalue weighted by Crippen LogP contribution is -2.43. The van der Waals surface area contributed by atoms with Crippen LogP contribution in [0.25, 0.3) is 0 Å². The minimum Gasteiger partial charge on any atom is -0.482 e. The molecule has 0 saturated carbocycles. The highest BCUT2D eigenvalue weighted by Gasteiger charge is 2.28. The van der Waals surface area contributed by atoms with Gasteiger partial charge in [0, 0.05) is 5.69 Å². The molecule has 27 heavy (non-hydrogen) atoms. The van der Waals surface area contributed by atoms with Crippen molar-refractivity contribution in [1.82, 2.24) is 0 Å². The molecule has 5 heteroatoms. The van der Waals surface area contributed by atoms with Gasteiger partial charge in [-0.05, 0) is 54.2 Å². The quantitative estimate of drug-likeness (QED) is 0.894. The van der Waals surface area contributed by atoms with Gasteiger partial charge in [-0.25, -0.2) is 0 Å². The summed E-state index contributed by atoms with van der Waals surface area (Å²) in [6.07, 6.45) is 0. The summed E-state index contributed by atoms with van der Waals surface area (Å²) >= 11 is 0. The van der Waals surface area contributed by atoms with Crippen LogP contribution in [0.4, 0.5) is 11.4 Å². The summed E-state index contributed by atoms with van der Waals surface area (Å²) in [6, 6.07) is 11.7. The molecule has 142 valence electrons. The summed E-state index contributed by atoms with van der Waals surface area (Å²) in [5.41, 5.74) is 4.55. The van der Waals surface area contributed by atoms with E-state index in [-0.39, 0.29) is 30.4 Å². The molecule has 0 bridgehead atoms. The van der Waals surface area contributed by atoms with Gasteiger partial charge >= 0.3 is 0 Å². The second-order valence-corrected chi connectivity index (χ2v) is 8.07. The van der Waals surface area contributed by atoms with Crippen LogP contribution in [0.5, 0.6) is 5.75 Å². The molecule has 0 atom stereocenters. The summed E-state index contributed by atoms with van der Waals surface area (Å²) in [6.45, 7) is 10.2. The van der Waals surface area contributed by atoms with E-state index >= 15 is 0 Å². The fraction of sp³-hybridized carbons (Fsp3) is 0.364. The van der Waals surface area contributed by atoms with E-state index in [9.17, 15) is 9.59 Å². The number of amides is 2. The second kappa shape index (κ2) is 7.06. The van der Waals surface area contributed by atoms with Crippen molar-refractivity contribution in [3.05, 3.63) is 53.1 Å². The van der Waals surface area contributed by atoms with Crippen molar-refractivity contribution in [3.63, 3.8) is 0 Å². The summed E-state index contributed by atoms with van der Waals surface area (Å²) < 4.78 is 5.61. The Morgan fingerprint density at radius 2 is 1.89 bits per heavy atom. The van der Waals surface area contributed by atoms with E-state index < -0.39 is 0 Å². The van der Waals surface area contributed by atoms with Crippen LogP contribution in [0.15, 0.2) is 36.4 Å². The Morgan fingerprint density at radius 3 is 2.59 bits per heavy atom. The Labute approximate surface area is 160 Å². The largest absolute Gasteiger partial charge is 0.482 e. The highest BCUT2D eigenvalue weighted by atomic mass is 16.5. The highest BCUT2D eigenvalue weighted by molar-refractivity contribution is 6.05. The van der Waals surface area contributed by atoms with Gasteiger partial charge in [-0.15, -0.1) is 0 Å². The molecule has 0 aliphatic carbocycles. The number of ether oxygens (including phenoxy) is 1. The number of fused-ring (bicyclic) bond motifs is 1. The molecule has 0 fully saturated rings. The molecule has 1 N–H and O–H groups in total. The molecular weight excluding hydrogens is 340 g/mol. The first-order valence-corrected chi connectivity index (χ1v) is 9.10. The fourth-order valence-electron chi connectivity index (χ4n) is 3.05. The first-order chi connectivity index (χ1) is 12.6. The molecule has 1 aliphatic heterocycles. The Kier molecular flexibility index (Phi) is 4.96. The molecule has 0 aromatic heterocycles. The number of hydrogen-bond acceptors (Lipinski definition) is 3. The summed E-state index contributed by atoms with van der Waals surface area (Å²) in [5, 5.41) is 2.91. The Bertz CT molecular complexity index is 897. The van der Waals surface area contributed by atoms with E-state index in [1.54, 1.807) is 0 Å². The van der Waals surface area contributed by atoms with Crippen molar-refractivity contribution in [2.45, 2.75) is 40.0 Å². The van der Waals surface area contributed by atoms with E-state index in [0.717, 1.165) is 22.4 Å². The minimum atomic E-state index is -0.232. The van der Waals surface area contributed by atoms with E-state index in [1.807, 2.05) is 50.2 Å². The normalized spacial score (nSPS) is 13.8. The third kappa shape index (κ3) is 4.13. The van der Waals surface area contributed by atoms with Crippen molar-refractivity contribution in [2.75, 3.05) is 23.4 Å². The number of rotatable bonds is 3. The smallest absolute Gasteiger partial charge is 0.265 e. The fourth-order valence-corrected chi connectivity index (χ4v) is 3.05. The summed E-state index contributed by atoms with van der Waals surface area (Å²) in [4.78, 5) is 26.4. The number of nitrogens with zero attached hydrogens (tertiary/aromatic N) is 1. The lowest BCUT2D eigenvalue weighted by molar-refractivity contribution is -0.123. The molecule has 2 aromatic carbocycles. The van der Waals surface area contributed by atoms with Crippen molar-refractivity contribution >= 4 is 23.2 Å². The Morgan fingerprint density at radius 1 is 1.15 bits per heavy atom. The van der Waals surface area contributed by atoms with E-state index in [0.29, 0.717) is 11.4 Å². The van der Waals surface area contributed by atoms with Gasteiger partial charge in [0.1, 0.15) is 12.3 Å². The topological polar surface area (TPSA) is 58.6 Å². The summed E-state index contributed by atoms with van der Waals surface area (Å²) in [5.74, 6) is 0.188. The maximum absolute atomic E-state index is 12.6. The molecule has 0 spiro atoms. The van der Waals surface area contributed by atoms with Gasteiger partial charge < -0.3 is 10.1 Å². The lowest BCUT2D eigenvalue weighted by atomic mass is 9.86. The van der Waals surface area contributed by atoms with Gasteiger partial charge in [0.2, 0.25) is 5.91 Å². The van der Waals surface area contributed by atoms with Crippen LogP contribution in [0.2, 0.25) is 0 Å². The molecule has 5 nitrogen and oxygen atoms in total. The van der Waals surface area contributed by atoms with Gasteiger partial charge in [0.05, 0.1) is 5.69 Å². The van der Waals surface area contributed by atoms with Crippen LogP contribution in [0, 0.1) is 13.8 Å². The average Bonchev–Trinajstić information content (AvgIpc) is 2.59. The average molecular weight is 366 g/mol. The van der Waals surface area contributed by atoms with Crippen molar-refractivity contribution < 1.29 is 14.3 Å². The zero-order chi connectivity index (χ0) is 19.8. The van der Waals surface area contributed by atoms with Crippen molar-refractivity contribution in [1.29, 1.82) is 0 Å². The van der Waals surface area contributed by atoms with Crippen LogP contribution < -0.4 is 15.0 Å². The standard InChI is InChI=1S/C22H26N2O3/c1-14-6-7-15(2)17(10-14)23-20(25)12-24-18-9-8-16(22(3,4)5)11-19(18)27-13-21(24)26/h6-11H,12-13H2,1-5H3,(H,23,25). The van der Waals surface area contributed by atoms with Crippen LogP contribution >= 0.6 is 0 Å². The Balaban J connectivity index is 1.82. The number of benzene rings is 2. The number of carbonyl (C=O) groups is 2. The molecule has 2 amide bonds. The molecule has 0 radical (unpaired) electrons. The van der Waals surface area contributed by atoms with Crippen LogP contribution in [-0.2, 0) is 15.0 Å². The van der Waals surface area contributed by atoms with Crippen LogP contribution in [-0.4, -0.2) is 25.0 Å². The van der Waals surface area contributed by atoms with E-state index in [1.165, 1.54) is 4.90 Å². The van der Waals surface area contributed by atoms with Gasteiger partial charge in [-0.1, -0.05) is 39.0 Å². The van der Waals surface area contributed by atoms with Gasteiger partial charge in [0.25, 0.3) is 5.91 Å². The minimum absolute atomic E-state index is 0.0231. The molecule has 1 aliphatic rings. The third-order valence-electron chi connectivity index (χ3n) is 4.74. The maximum atomic E-state index is 12.6. The maximum Gasteiger partial charge on any atom is 0.265 e. The molecule has 0 unspecified atom stereocenters. The molecular formula is C22H26N2O3. The predicted molar refractivity (Wildman–Crippen MR) is 108 cm³/mol. The van der Waals surface area contributed by atoms with Gasteiger partial charge in [-0.3, -0.25) is 14.5 Å². The number of aryl methyl sites for hydroxylation is 2. The molecule has 3 rings (SSSR count). The van der Waals surface area contributed by atoms with E-state index in [4.69, 9.17) is 4.74 Å². The van der Waals surface area contributed by atoms with Gasteiger partial charge in [0.15, 0.2) is 6.61 Å². The first-order valence-electron chi connectivity index (χ1n) is 9.10.